The van der Waals surface area contributed by atoms with Crippen LogP contribution in [0.15, 0.2) is 53.6 Å². The smallest absolute Gasteiger partial charge is 0.258 e. The van der Waals surface area contributed by atoms with E-state index in [2.05, 4.69) is 15.6 Å². The van der Waals surface area contributed by atoms with Gasteiger partial charge in [-0.15, -0.1) is 0 Å². The molecule has 32 heavy (non-hydrogen) atoms. The maximum absolute atomic E-state index is 13.1. The van der Waals surface area contributed by atoms with Gasteiger partial charge in [0, 0.05) is 28.2 Å². The van der Waals surface area contributed by atoms with Gasteiger partial charge in [0.15, 0.2) is 0 Å². The molecule has 8 heteroatoms. The summed E-state index contributed by atoms with van der Waals surface area (Å²) < 4.78 is 5.21. The minimum atomic E-state index is -0.295. The maximum atomic E-state index is 13.1. The van der Waals surface area contributed by atoms with Gasteiger partial charge in [0.2, 0.25) is 5.91 Å². The maximum Gasteiger partial charge on any atom is 0.258 e. The van der Waals surface area contributed by atoms with Crippen LogP contribution in [0, 0.1) is 20.8 Å². The fourth-order valence-corrected chi connectivity index (χ4v) is 4.21. The van der Waals surface area contributed by atoms with Gasteiger partial charge in [-0.2, -0.15) is 0 Å². The predicted molar refractivity (Wildman–Crippen MR) is 130 cm³/mol. The SMILES string of the molecule is COc1cccc(NC(=O)c2c(C)cc(C)nc2SCC(=O)Nc2ccc(C)c(Cl)c2)c1. The number of pyridine rings is 1. The second-order valence-electron chi connectivity index (χ2n) is 7.25. The minimum Gasteiger partial charge on any atom is -0.497 e. The average Bonchev–Trinajstić information content (AvgIpc) is 2.74. The van der Waals surface area contributed by atoms with Gasteiger partial charge in [-0.1, -0.05) is 35.5 Å². The van der Waals surface area contributed by atoms with E-state index in [0.29, 0.717) is 32.7 Å². The fourth-order valence-electron chi connectivity index (χ4n) is 3.08. The Balaban J connectivity index is 1.75. The number of aromatic nitrogens is 1. The first-order valence-electron chi connectivity index (χ1n) is 9.89. The topological polar surface area (TPSA) is 80.3 Å². The summed E-state index contributed by atoms with van der Waals surface area (Å²) in [5.41, 5.74) is 4.16. The van der Waals surface area contributed by atoms with Crippen molar-refractivity contribution in [3.8, 4) is 5.75 Å². The second kappa shape index (κ2) is 10.5. The molecule has 0 radical (unpaired) electrons. The Hall–Kier alpha value is -3.03. The number of rotatable bonds is 7. The average molecular weight is 470 g/mol. The highest BCUT2D eigenvalue weighted by Gasteiger charge is 2.19. The highest BCUT2D eigenvalue weighted by molar-refractivity contribution is 8.00. The molecule has 0 saturated heterocycles. The van der Waals surface area contributed by atoms with Gasteiger partial charge in [-0.25, -0.2) is 4.98 Å². The standard InChI is InChI=1S/C24H24ClN3O3S/c1-14-8-9-18(12-20(14)25)27-21(29)13-32-24-22(15(2)10-16(3)26-24)23(30)28-17-6-5-7-19(11-17)31-4/h5-12H,13H2,1-4H3,(H,27,29)(H,28,30). The molecule has 2 N–H and O–H groups in total. The van der Waals surface area contributed by atoms with Gasteiger partial charge in [-0.3, -0.25) is 9.59 Å². The van der Waals surface area contributed by atoms with Gasteiger partial charge in [0.25, 0.3) is 5.91 Å². The number of benzene rings is 2. The van der Waals surface area contributed by atoms with E-state index in [9.17, 15) is 9.59 Å². The van der Waals surface area contributed by atoms with Crippen LogP contribution in [0.1, 0.15) is 27.2 Å². The van der Waals surface area contributed by atoms with E-state index in [1.165, 1.54) is 11.8 Å². The molecule has 0 fully saturated rings. The Bertz CT molecular complexity index is 1170. The largest absolute Gasteiger partial charge is 0.497 e. The number of ether oxygens (including phenoxy) is 1. The van der Waals surface area contributed by atoms with Crippen molar-refractivity contribution in [3.63, 3.8) is 0 Å². The normalized spacial score (nSPS) is 10.5. The Labute approximate surface area is 196 Å². The van der Waals surface area contributed by atoms with E-state index in [0.717, 1.165) is 16.8 Å². The number of aryl methyl sites for hydroxylation is 3. The molecule has 0 aliphatic heterocycles. The molecule has 0 aliphatic rings. The highest BCUT2D eigenvalue weighted by atomic mass is 35.5. The summed E-state index contributed by atoms with van der Waals surface area (Å²) in [7, 11) is 1.57. The van der Waals surface area contributed by atoms with Crippen molar-refractivity contribution in [1.29, 1.82) is 0 Å². The molecule has 1 aromatic heterocycles. The van der Waals surface area contributed by atoms with Crippen LogP contribution in [0.25, 0.3) is 0 Å². The van der Waals surface area contributed by atoms with Crippen molar-refractivity contribution < 1.29 is 14.3 Å². The number of nitrogens with zero attached hydrogens (tertiary/aromatic N) is 1. The summed E-state index contributed by atoms with van der Waals surface area (Å²) >= 11 is 7.34. The van der Waals surface area contributed by atoms with Gasteiger partial charge in [-0.05, 0) is 62.2 Å². The summed E-state index contributed by atoms with van der Waals surface area (Å²) in [5.74, 6) is 0.233. The van der Waals surface area contributed by atoms with Crippen LogP contribution in [0.2, 0.25) is 5.02 Å². The van der Waals surface area contributed by atoms with Gasteiger partial charge in [0.05, 0.1) is 18.4 Å². The molecule has 0 aliphatic carbocycles. The third kappa shape index (κ3) is 6.02. The van der Waals surface area contributed by atoms with Gasteiger partial charge < -0.3 is 15.4 Å². The van der Waals surface area contributed by atoms with Crippen molar-refractivity contribution >= 4 is 46.6 Å². The number of amides is 2. The molecular weight excluding hydrogens is 446 g/mol. The van der Waals surface area contributed by atoms with Crippen molar-refractivity contribution in [2.75, 3.05) is 23.5 Å². The lowest BCUT2D eigenvalue weighted by molar-refractivity contribution is -0.113. The Kier molecular flexibility index (Phi) is 7.77. The van der Waals surface area contributed by atoms with E-state index < -0.39 is 0 Å². The van der Waals surface area contributed by atoms with Crippen molar-refractivity contribution in [2.24, 2.45) is 0 Å². The molecule has 0 saturated carbocycles. The molecule has 2 aromatic carbocycles. The van der Waals surface area contributed by atoms with Crippen LogP contribution in [0.5, 0.6) is 5.75 Å². The lowest BCUT2D eigenvalue weighted by Gasteiger charge is -2.14. The molecule has 6 nitrogen and oxygen atoms in total. The Morgan fingerprint density at radius 1 is 1.00 bits per heavy atom. The first-order chi connectivity index (χ1) is 15.3. The molecule has 3 rings (SSSR count). The first kappa shape index (κ1) is 23.6. The van der Waals surface area contributed by atoms with Crippen LogP contribution >= 0.6 is 23.4 Å². The summed E-state index contributed by atoms with van der Waals surface area (Å²) in [6.07, 6.45) is 0. The lowest BCUT2D eigenvalue weighted by atomic mass is 10.1. The number of hydrogen-bond donors (Lipinski definition) is 2. The summed E-state index contributed by atoms with van der Waals surface area (Å²) in [6.45, 7) is 5.61. The van der Waals surface area contributed by atoms with Crippen LogP contribution in [0.4, 0.5) is 11.4 Å². The van der Waals surface area contributed by atoms with Gasteiger partial charge in [0.1, 0.15) is 10.8 Å². The van der Waals surface area contributed by atoms with Crippen LogP contribution in [-0.4, -0.2) is 29.7 Å². The van der Waals surface area contributed by atoms with Crippen LogP contribution < -0.4 is 15.4 Å². The predicted octanol–water partition coefficient (Wildman–Crippen LogP) is 5.65. The molecular formula is C24H24ClN3O3S. The number of carbonyl (C=O) groups excluding carboxylic acids is 2. The number of hydrogen-bond acceptors (Lipinski definition) is 5. The number of methoxy groups -OCH3 is 1. The van der Waals surface area contributed by atoms with Crippen molar-refractivity contribution in [2.45, 2.75) is 25.8 Å². The van der Waals surface area contributed by atoms with E-state index in [4.69, 9.17) is 16.3 Å². The zero-order valence-electron chi connectivity index (χ0n) is 18.3. The Morgan fingerprint density at radius 2 is 1.75 bits per heavy atom. The lowest BCUT2D eigenvalue weighted by Crippen LogP contribution is -2.18. The first-order valence-corrected chi connectivity index (χ1v) is 11.3. The zero-order valence-corrected chi connectivity index (χ0v) is 19.9. The molecule has 0 unspecified atom stereocenters. The number of thioether (sulfide) groups is 1. The molecule has 3 aromatic rings. The monoisotopic (exact) mass is 469 g/mol. The summed E-state index contributed by atoms with van der Waals surface area (Å²) in [6, 6.07) is 14.3. The molecule has 0 spiro atoms. The van der Waals surface area contributed by atoms with E-state index in [-0.39, 0.29) is 17.6 Å². The van der Waals surface area contributed by atoms with Crippen molar-refractivity contribution in [3.05, 3.63) is 75.9 Å². The van der Waals surface area contributed by atoms with Gasteiger partial charge >= 0.3 is 0 Å². The van der Waals surface area contributed by atoms with E-state index >= 15 is 0 Å². The molecule has 166 valence electrons. The van der Waals surface area contributed by atoms with E-state index in [1.807, 2.05) is 32.9 Å². The summed E-state index contributed by atoms with van der Waals surface area (Å²) in [4.78, 5) is 30.0. The highest BCUT2D eigenvalue weighted by Crippen LogP contribution is 2.27. The van der Waals surface area contributed by atoms with E-state index in [1.54, 1.807) is 43.5 Å². The number of carbonyl (C=O) groups is 2. The third-order valence-corrected chi connectivity index (χ3v) is 6.04. The fraction of sp³-hybridized carbons (Fsp3) is 0.208. The quantitative estimate of drug-likeness (QED) is 0.437. The third-order valence-electron chi connectivity index (χ3n) is 4.66. The molecule has 2 amide bonds. The van der Waals surface area contributed by atoms with Crippen molar-refractivity contribution in [1.82, 2.24) is 4.98 Å². The van der Waals surface area contributed by atoms with Crippen LogP contribution in [-0.2, 0) is 4.79 Å². The van der Waals surface area contributed by atoms with Crippen LogP contribution in [0.3, 0.4) is 0 Å². The number of halogens is 1. The second-order valence-corrected chi connectivity index (χ2v) is 8.62. The minimum absolute atomic E-state index is 0.0980. The molecule has 0 atom stereocenters. The number of nitrogens with one attached hydrogen (secondary N) is 2. The zero-order chi connectivity index (χ0) is 23.3. The Morgan fingerprint density at radius 3 is 2.47 bits per heavy atom. The number of anilines is 2. The molecule has 0 bridgehead atoms. The molecule has 1 heterocycles. The summed E-state index contributed by atoms with van der Waals surface area (Å²) in [5, 5.41) is 6.80.